The Morgan fingerprint density at radius 2 is 2.00 bits per heavy atom. The second kappa shape index (κ2) is 7.68. The highest BCUT2D eigenvalue weighted by molar-refractivity contribution is 5.90. The summed E-state index contributed by atoms with van der Waals surface area (Å²) < 4.78 is 2.04. The van der Waals surface area contributed by atoms with Gasteiger partial charge in [0.05, 0.1) is 5.69 Å². The molecule has 4 heterocycles. The van der Waals surface area contributed by atoms with Crippen LogP contribution in [-0.4, -0.2) is 37.7 Å². The molecule has 0 spiro atoms. The molecular formula is C24H25N5. The number of nitrogens with one attached hydrogen (secondary N) is 1. The first-order valence-electron chi connectivity index (χ1n) is 10.3. The molecule has 1 aliphatic rings. The zero-order valence-electron chi connectivity index (χ0n) is 16.7. The van der Waals surface area contributed by atoms with E-state index in [4.69, 9.17) is 5.10 Å². The number of aryl methyl sites for hydroxylation is 1. The maximum absolute atomic E-state index is 4.82. The lowest BCUT2D eigenvalue weighted by molar-refractivity contribution is 0.294. The van der Waals surface area contributed by atoms with Gasteiger partial charge in [0.15, 0.2) is 0 Å². The second-order valence-corrected chi connectivity index (χ2v) is 7.54. The van der Waals surface area contributed by atoms with E-state index in [2.05, 4.69) is 76.7 Å². The van der Waals surface area contributed by atoms with Gasteiger partial charge in [-0.2, -0.15) is 5.10 Å². The minimum absolute atomic E-state index is 0.887. The van der Waals surface area contributed by atoms with E-state index < -0.39 is 0 Å². The smallest absolute Gasteiger partial charge is 0.137 e. The third-order valence-corrected chi connectivity index (χ3v) is 5.69. The van der Waals surface area contributed by atoms with Gasteiger partial charge in [0.2, 0.25) is 0 Å². The third-order valence-electron chi connectivity index (χ3n) is 5.69. The highest BCUT2D eigenvalue weighted by Crippen LogP contribution is 2.30. The Morgan fingerprint density at radius 3 is 2.79 bits per heavy atom. The highest BCUT2D eigenvalue weighted by Gasteiger charge is 2.19. The van der Waals surface area contributed by atoms with Gasteiger partial charge in [-0.3, -0.25) is 9.58 Å². The van der Waals surface area contributed by atoms with Gasteiger partial charge in [0, 0.05) is 66.8 Å². The Labute approximate surface area is 170 Å². The summed E-state index contributed by atoms with van der Waals surface area (Å²) in [6, 6.07) is 14.7. The zero-order chi connectivity index (χ0) is 19.6. The van der Waals surface area contributed by atoms with E-state index in [1.165, 1.54) is 27.6 Å². The molecule has 1 N–H and O–H groups in total. The lowest BCUT2D eigenvalue weighted by Gasteiger charge is -2.26. The van der Waals surface area contributed by atoms with Crippen LogP contribution >= 0.6 is 0 Å². The number of rotatable bonds is 5. The van der Waals surface area contributed by atoms with Crippen molar-refractivity contribution < 1.29 is 0 Å². The van der Waals surface area contributed by atoms with Crippen LogP contribution in [0.5, 0.6) is 0 Å². The molecule has 0 fully saturated rings. The van der Waals surface area contributed by atoms with E-state index in [1.807, 2.05) is 16.9 Å². The van der Waals surface area contributed by atoms with E-state index in [9.17, 15) is 0 Å². The SMILES string of the molecule is CCn1cc(CN2CC=C(c3c[nH]c4ncccc34)CC2)c(-c2ccccc2)n1. The third kappa shape index (κ3) is 3.49. The van der Waals surface area contributed by atoms with Crippen LogP contribution < -0.4 is 0 Å². The van der Waals surface area contributed by atoms with Crippen LogP contribution in [0, 0.1) is 0 Å². The number of aromatic nitrogens is 4. The molecular weight excluding hydrogens is 358 g/mol. The molecule has 146 valence electrons. The van der Waals surface area contributed by atoms with E-state index in [1.54, 1.807) is 0 Å². The first-order chi connectivity index (χ1) is 14.3. The Kier molecular flexibility index (Phi) is 4.74. The second-order valence-electron chi connectivity index (χ2n) is 7.54. The molecule has 0 amide bonds. The first-order valence-corrected chi connectivity index (χ1v) is 10.3. The van der Waals surface area contributed by atoms with Gasteiger partial charge in [0.1, 0.15) is 5.65 Å². The van der Waals surface area contributed by atoms with Crippen molar-refractivity contribution in [3.8, 4) is 11.3 Å². The lowest BCUT2D eigenvalue weighted by atomic mass is 9.99. The van der Waals surface area contributed by atoms with E-state index >= 15 is 0 Å². The molecule has 1 aliphatic heterocycles. The number of pyridine rings is 1. The van der Waals surface area contributed by atoms with Gasteiger partial charge in [0.25, 0.3) is 0 Å². The molecule has 0 bridgehead atoms. The van der Waals surface area contributed by atoms with Crippen molar-refractivity contribution in [1.82, 2.24) is 24.6 Å². The number of hydrogen-bond donors (Lipinski definition) is 1. The molecule has 4 aromatic rings. The summed E-state index contributed by atoms with van der Waals surface area (Å²) in [7, 11) is 0. The average Bonchev–Trinajstić information content (AvgIpc) is 3.39. The van der Waals surface area contributed by atoms with E-state index in [-0.39, 0.29) is 0 Å². The molecule has 5 heteroatoms. The van der Waals surface area contributed by atoms with Crippen LogP contribution in [0.25, 0.3) is 27.9 Å². The lowest BCUT2D eigenvalue weighted by Crippen LogP contribution is -2.28. The number of fused-ring (bicyclic) bond motifs is 1. The Morgan fingerprint density at radius 1 is 1.10 bits per heavy atom. The van der Waals surface area contributed by atoms with Crippen LogP contribution in [0.15, 0.2) is 67.1 Å². The summed E-state index contributed by atoms with van der Waals surface area (Å²) >= 11 is 0. The molecule has 0 radical (unpaired) electrons. The predicted octanol–water partition coefficient (Wildman–Crippen LogP) is 4.74. The fourth-order valence-corrected chi connectivity index (χ4v) is 4.14. The Hall–Kier alpha value is -3.18. The van der Waals surface area contributed by atoms with Gasteiger partial charge >= 0.3 is 0 Å². The topological polar surface area (TPSA) is 49.7 Å². The van der Waals surface area contributed by atoms with Crippen LogP contribution in [-0.2, 0) is 13.1 Å². The maximum atomic E-state index is 4.82. The van der Waals surface area contributed by atoms with Crippen LogP contribution in [0.4, 0.5) is 0 Å². The van der Waals surface area contributed by atoms with Gasteiger partial charge in [-0.05, 0) is 31.1 Å². The summed E-state index contributed by atoms with van der Waals surface area (Å²) in [5.74, 6) is 0. The number of H-pyrrole nitrogens is 1. The summed E-state index contributed by atoms with van der Waals surface area (Å²) in [5, 5.41) is 6.03. The number of hydrogen-bond acceptors (Lipinski definition) is 3. The number of benzene rings is 1. The van der Waals surface area contributed by atoms with Crippen LogP contribution in [0.2, 0.25) is 0 Å². The van der Waals surface area contributed by atoms with Gasteiger partial charge in [-0.25, -0.2) is 4.98 Å². The number of aromatic amines is 1. The minimum atomic E-state index is 0.887. The van der Waals surface area contributed by atoms with Crippen LogP contribution in [0.3, 0.4) is 0 Å². The quantitative estimate of drug-likeness (QED) is 0.542. The molecule has 0 saturated heterocycles. The summed E-state index contributed by atoms with van der Waals surface area (Å²) in [6.07, 6.45) is 9.54. The Bertz CT molecular complexity index is 1150. The minimum Gasteiger partial charge on any atom is -0.346 e. The van der Waals surface area contributed by atoms with Crippen molar-refractivity contribution in [2.75, 3.05) is 13.1 Å². The molecule has 1 aromatic carbocycles. The largest absolute Gasteiger partial charge is 0.346 e. The van der Waals surface area contributed by atoms with Crippen molar-refractivity contribution in [2.45, 2.75) is 26.4 Å². The van der Waals surface area contributed by atoms with Crippen molar-refractivity contribution in [3.63, 3.8) is 0 Å². The monoisotopic (exact) mass is 383 g/mol. The summed E-state index contributed by atoms with van der Waals surface area (Å²) in [5.41, 5.74) is 7.25. The molecule has 29 heavy (non-hydrogen) atoms. The zero-order valence-corrected chi connectivity index (χ0v) is 16.7. The van der Waals surface area contributed by atoms with Crippen LogP contribution in [0.1, 0.15) is 24.5 Å². The average molecular weight is 383 g/mol. The standard InChI is InChI=1S/C24H25N5/c1-2-29-17-20(23(27-29)19-7-4-3-5-8-19)16-28-13-10-18(11-14-28)22-15-26-24-21(22)9-6-12-25-24/h3-10,12,15,17H,2,11,13-14,16H2,1H3,(H,25,26). The first kappa shape index (κ1) is 17.9. The van der Waals surface area contributed by atoms with Crippen molar-refractivity contribution in [1.29, 1.82) is 0 Å². The molecule has 5 rings (SSSR count). The molecule has 5 nitrogen and oxygen atoms in total. The predicted molar refractivity (Wildman–Crippen MR) is 117 cm³/mol. The van der Waals surface area contributed by atoms with E-state index in [0.29, 0.717) is 0 Å². The number of nitrogens with zero attached hydrogens (tertiary/aromatic N) is 4. The van der Waals surface area contributed by atoms with Gasteiger partial charge < -0.3 is 4.98 Å². The normalized spacial score (nSPS) is 15.0. The van der Waals surface area contributed by atoms with Gasteiger partial charge in [-0.1, -0.05) is 36.4 Å². The Balaban J connectivity index is 1.36. The molecule has 0 atom stereocenters. The van der Waals surface area contributed by atoms with E-state index in [0.717, 1.165) is 43.9 Å². The van der Waals surface area contributed by atoms with Gasteiger partial charge in [-0.15, -0.1) is 0 Å². The molecule has 3 aromatic heterocycles. The van der Waals surface area contributed by atoms with Crippen molar-refractivity contribution in [3.05, 3.63) is 78.3 Å². The summed E-state index contributed by atoms with van der Waals surface area (Å²) in [6.45, 7) is 5.94. The molecule has 0 aliphatic carbocycles. The maximum Gasteiger partial charge on any atom is 0.137 e. The van der Waals surface area contributed by atoms with Crippen molar-refractivity contribution >= 4 is 16.6 Å². The summed E-state index contributed by atoms with van der Waals surface area (Å²) in [4.78, 5) is 10.2. The fourth-order valence-electron chi connectivity index (χ4n) is 4.14. The molecule has 0 unspecified atom stereocenters. The fraction of sp³-hybridized carbons (Fsp3) is 0.250. The molecule has 0 saturated carbocycles. The highest BCUT2D eigenvalue weighted by atomic mass is 15.3. The van der Waals surface area contributed by atoms with Crippen molar-refractivity contribution in [2.24, 2.45) is 0 Å².